The van der Waals surface area contributed by atoms with Crippen LogP contribution in [0.2, 0.25) is 0 Å². The number of nitrogens with zero attached hydrogens (tertiary/aromatic N) is 3. The van der Waals surface area contributed by atoms with E-state index in [4.69, 9.17) is 0 Å². The number of imidazole rings is 1. The molecule has 0 radical (unpaired) electrons. The summed E-state index contributed by atoms with van der Waals surface area (Å²) in [6, 6.07) is 9.20. The summed E-state index contributed by atoms with van der Waals surface area (Å²) in [5.41, 5.74) is 1.74. The molecule has 2 bridgehead atoms. The molecule has 3 heterocycles. The van der Waals surface area contributed by atoms with E-state index in [-0.39, 0.29) is 11.6 Å². The predicted octanol–water partition coefficient (Wildman–Crippen LogP) is 1.47. The number of amides is 1. The van der Waals surface area contributed by atoms with Gasteiger partial charge >= 0.3 is 5.69 Å². The van der Waals surface area contributed by atoms with Gasteiger partial charge < -0.3 is 10.2 Å². The molecule has 2 unspecified atom stereocenters. The Morgan fingerprint density at radius 3 is 2.52 bits per heavy atom. The summed E-state index contributed by atoms with van der Waals surface area (Å²) in [5, 5.41) is 3.62. The monoisotopic (exact) mass is 342 g/mol. The Labute approximate surface area is 147 Å². The summed E-state index contributed by atoms with van der Waals surface area (Å²) >= 11 is 0. The van der Waals surface area contributed by atoms with Crippen molar-refractivity contribution in [3.8, 4) is 0 Å². The van der Waals surface area contributed by atoms with E-state index in [0.29, 0.717) is 31.1 Å². The third-order valence-corrected chi connectivity index (χ3v) is 5.99. The lowest BCUT2D eigenvalue weighted by Gasteiger charge is -2.35. The zero-order chi connectivity index (χ0) is 17.6. The highest BCUT2D eigenvalue weighted by molar-refractivity contribution is 5.78. The van der Waals surface area contributed by atoms with Gasteiger partial charge in [0.15, 0.2) is 0 Å². The lowest BCUT2D eigenvalue weighted by molar-refractivity contribution is -0.132. The van der Waals surface area contributed by atoms with Crippen molar-refractivity contribution < 1.29 is 4.79 Å². The van der Waals surface area contributed by atoms with Gasteiger partial charge in [0.25, 0.3) is 0 Å². The van der Waals surface area contributed by atoms with E-state index in [1.165, 1.54) is 12.8 Å². The fourth-order valence-electron chi connectivity index (χ4n) is 4.51. The van der Waals surface area contributed by atoms with E-state index in [2.05, 4.69) is 5.32 Å². The molecule has 1 N–H and O–H groups in total. The van der Waals surface area contributed by atoms with Crippen LogP contribution in [0.25, 0.3) is 11.0 Å². The van der Waals surface area contributed by atoms with Gasteiger partial charge in [-0.25, -0.2) is 4.79 Å². The summed E-state index contributed by atoms with van der Waals surface area (Å²) in [4.78, 5) is 27.1. The second kappa shape index (κ2) is 6.33. The van der Waals surface area contributed by atoms with Crippen molar-refractivity contribution in [3.05, 3.63) is 34.7 Å². The lowest BCUT2D eigenvalue weighted by atomic mass is 9.98. The molecule has 2 atom stereocenters. The summed E-state index contributed by atoms with van der Waals surface area (Å²) in [6.07, 6.45) is 4.92. The van der Waals surface area contributed by atoms with Gasteiger partial charge in [-0.2, -0.15) is 0 Å². The number of carbonyl (C=O) groups is 1. The number of rotatable bonds is 4. The number of para-hydroxylation sites is 2. The highest BCUT2D eigenvalue weighted by atomic mass is 16.2. The molecule has 2 aliphatic heterocycles. The number of aromatic nitrogens is 2. The molecule has 2 saturated heterocycles. The topological polar surface area (TPSA) is 59.3 Å². The lowest BCUT2D eigenvalue weighted by Crippen LogP contribution is -2.48. The van der Waals surface area contributed by atoms with Crippen molar-refractivity contribution in [1.29, 1.82) is 0 Å². The molecule has 134 valence electrons. The van der Waals surface area contributed by atoms with Crippen LogP contribution < -0.4 is 11.0 Å². The second-order valence-corrected chi connectivity index (χ2v) is 7.50. The normalized spacial score (nSPS) is 25.4. The molecule has 2 fully saturated rings. The van der Waals surface area contributed by atoms with E-state index in [1.807, 2.05) is 36.2 Å². The van der Waals surface area contributed by atoms with Crippen LogP contribution in [0.3, 0.4) is 0 Å². The molecule has 2 aliphatic rings. The van der Waals surface area contributed by atoms with Crippen LogP contribution in [-0.2, 0) is 18.4 Å². The van der Waals surface area contributed by atoms with Crippen molar-refractivity contribution in [2.75, 3.05) is 7.05 Å². The summed E-state index contributed by atoms with van der Waals surface area (Å²) in [7, 11) is 3.70. The highest BCUT2D eigenvalue weighted by Crippen LogP contribution is 2.29. The number of hydrogen-bond acceptors (Lipinski definition) is 3. The third kappa shape index (κ3) is 2.88. The van der Waals surface area contributed by atoms with Gasteiger partial charge in [-0.1, -0.05) is 12.1 Å². The molecule has 4 rings (SSSR count). The van der Waals surface area contributed by atoms with Crippen LogP contribution in [0, 0.1) is 0 Å². The maximum Gasteiger partial charge on any atom is 0.328 e. The van der Waals surface area contributed by atoms with Gasteiger partial charge in [0.1, 0.15) is 0 Å². The van der Waals surface area contributed by atoms with Crippen LogP contribution in [0.4, 0.5) is 0 Å². The molecular weight excluding hydrogens is 316 g/mol. The van der Waals surface area contributed by atoms with Crippen LogP contribution in [-0.4, -0.2) is 45.1 Å². The largest absolute Gasteiger partial charge is 0.343 e. The number of fused-ring (bicyclic) bond motifs is 3. The zero-order valence-corrected chi connectivity index (χ0v) is 14.9. The van der Waals surface area contributed by atoms with Crippen LogP contribution >= 0.6 is 0 Å². The summed E-state index contributed by atoms with van der Waals surface area (Å²) in [5.74, 6) is 0.131. The smallest absolute Gasteiger partial charge is 0.328 e. The highest BCUT2D eigenvalue weighted by Gasteiger charge is 2.36. The second-order valence-electron chi connectivity index (χ2n) is 7.50. The molecule has 6 heteroatoms. The molecule has 1 aromatic heterocycles. The Balaban J connectivity index is 1.45. The standard InChI is InChI=1S/C19H26N4O2/c1-21(15-11-13-7-8-14(12-15)20-13)18(24)9-10-23-17-6-4-3-5-16(17)22(2)19(23)25/h3-6,13-15,20H,7-12H2,1-2H3. The molecule has 6 nitrogen and oxygen atoms in total. The molecule has 0 saturated carbocycles. The van der Waals surface area contributed by atoms with Gasteiger partial charge in [0.2, 0.25) is 5.91 Å². The van der Waals surface area contributed by atoms with Crippen LogP contribution in [0.15, 0.2) is 29.1 Å². The zero-order valence-electron chi connectivity index (χ0n) is 14.9. The maximum absolute atomic E-state index is 12.7. The summed E-state index contributed by atoms with van der Waals surface area (Å²) in [6.45, 7) is 0.432. The summed E-state index contributed by atoms with van der Waals surface area (Å²) < 4.78 is 3.36. The SMILES string of the molecule is CN(C(=O)CCn1c(=O)n(C)c2ccccc21)C1CC2CCC(C1)N2. The Morgan fingerprint density at radius 2 is 1.84 bits per heavy atom. The van der Waals surface area contributed by atoms with Crippen LogP contribution in [0.5, 0.6) is 0 Å². The van der Waals surface area contributed by atoms with E-state index in [0.717, 1.165) is 23.9 Å². The number of hydrogen-bond donors (Lipinski definition) is 1. The third-order valence-electron chi connectivity index (χ3n) is 5.99. The first-order chi connectivity index (χ1) is 12.0. The van der Waals surface area contributed by atoms with Gasteiger partial charge in [-0.15, -0.1) is 0 Å². The van der Waals surface area contributed by atoms with Gasteiger partial charge in [0.05, 0.1) is 11.0 Å². The molecular formula is C19H26N4O2. The quantitative estimate of drug-likeness (QED) is 0.915. The molecule has 25 heavy (non-hydrogen) atoms. The number of aryl methyl sites for hydroxylation is 2. The minimum absolute atomic E-state index is 0.0587. The first kappa shape index (κ1) is 16.4. The van der Waals surface area contributed by atoms with Gasteiger partial charge in [-0.05, 0) is 37.8 Å². The van der Waals surface area contributed by atoms with Crippen LogP contribution in [0.1, 0.15) is 32.1 Å². The maximum atomic E-state index is 12.7. The number of benzene rings is 1. The Hall–Kier alpha value is -2.08. The minimum Gasteiger partial charge on any atom is -0.343 e. The first-order valence-corrected chi connectivity index (χ1v) is 9.20. The van der Waals surface area contributed by atoms with E-state index >= 15 is 0 Å². The van der Waals surface area contributed by atoms with Crippen molar-refractivity contribution in [2.24, 2.45) is 7.05 Å². The Morgan fingerprint density at radius 1 is 1.20 bits per heavy atom. The van der Waals surface area contributed by atoms with Crippen molar-refractivity contribution in [3.63, 3.8) is 0 Å². The fourth-order valence-corrected chi connectivity index (χ4v) is 4.51. The number of carbonyl (C=O) groups excluding carboxylic acids is 1. The molecule has 0 aliphatic carbocycles. The van der Waals surface area contributed by atoms with E-state index < -0.39 is 0 Å². The molecule has 1 aromatic carbocycles. The minimum atomic E-state index is -0.0587. The predicted molar refractivity (Wildman–Crippen MR) is 97.5 cm³/mol. The molecule has 0 spiro atoms. The average molecular weight is 342 g/mol. The van der Waals surface area contributed by atoms with Gasteiger partial charge in [0, 0.05) is 45.2 Å². The first-order valence-electron chi connectivity index (χ1n) is 9.20. The van der Waals surface area contributed by atoms with Crippen molar-refractivity contribution in [1.82, 2.24) is 19.4 Å². The molecule has 2 aromatic rings. The fraction of sp³-hybridized carbons (Fsp3) is 0.579. The van der Waals surface area contributed by atoms with Crippen molar-refractivity contribution >= 4 is 16.9 Å². The van der Waals surface area contributed by atoms with Crippen molar-refractivity contribution in [2.45, 2.75) is 56.8 Å². The Bertz CT molecular complexity index is 841. The average Bonchev–Trinajstić information content (AvgIpc) is 3.09. The molecule has 1 amide bonds. The Kier molecular flexibility index (Phi) is 4.15. The number of piperidine rings is 1. The van der Waals surface area contributed by atoms with E-state index in [9.17, 15) is 9.59 Å². The van der Waals surface area contributed by atoms with Gasteiger partial charge in [-0.3, -0.25) is 13.9 Å². The number of nitrogens with one attached hydrogen (secondary N) is 1. The van der Waals surface area contributed by atoms with E-state index in [1.54, 1.807) is 16.2 Å².